The molecule has 1 unspecified atom stereocenters. The molecule has 9 aromatic carbocycles. The summed E-state index contributed by atoms with van der Waals surface area (Å²) < 4.78 is 0. The first-order valence-corrected chi connectivity index (χ1v) is 20.0. The third-order valence-corrected chi connectivity index (χ3v) is 12.2. The molecule has 0 aliphatic heterocycles. The van der Waals surface area contributed by atoms with Gasteiger partial charge in [-0.2, -0.15) is 0 Å². The van der Waals surface area contributed by atoms with Crippen LogP contribution >= 0.6 is 0 Å². The molecule has 2 heteroatoms. The molecule has 0 bridgehead atoms. The maximum atomic E-state index is 5.25. The predicted octanol–water partition coefficient (Wildman–Crippen LogP) is 14.5. The van der Waals surface area contributed by atoms with Crippen molar-refractivity contribution in [3.05, 3.63) is 229 Å². The van der Waals surface area contributed by atoms with E-state index >= 15 is 0 Å². The molecule has 1 aliphatic carbocycles. The zero-order valence-corrected chi connectivity index (χ0v) is 32.1. The SMILES string of the molecule is CC1(c2ccccc2)c2cc(-c3ccccc3)ccc2-c2ccc(-c3ccc(-c4cc(-c5ccc6ccccc6c5)nc(-c5ccccc5)n4)c4ccccc34)cc21. The van der Waals surface area contributed by atoms with Gasteiger partial charge >= 0.3 is 0 Å². The van der Waals surface area contributed by atoms with Gasteiger partial charge in [-0.05, 0) is 103 Å². The van der Waals surface area contributed by atoms with E-state index in [0.717, 1.165) is 33.5 Å². The summed E-state index contributed by atoms with van der Waals surface area (Å²) in [5.74, 6) is 0.711. The molecule has 0 saturated heterocycles. The second-order valence-electron chi connectivity index (χ2n) is 15.5. The van der Waals surface area contributed by atoms with E-state index < -0.39 is 0 Å². The molecule has 0 N–H and O–H groups in total. The van der Waals surface area contributed by atoms with Crippen LogP contribution in [0.1, 0.15) is 23.6 Å². The van der Waals surface area contributed by atoms with Gasteiger partial charge in [-0.15, -0.1) is 0 Å². The lowest BCUT2D eigenvalue weighted by molar-refractivity contribution is 0.714. The standard InChI is InChI=1S/C56H38N2/c1-56(44-21-9-4-10-22-44)51-34-41(37-15-5-2-6-16-37)27-29-48(51)49-30-28-42(35-52(49)56)45-31-32-50(47-24-14-13-23-46(45)47)54-36-53(57-55(58-54)39-18-7-3-8-19-39)43-26-25-38-17-11-12-20-40(38)33-43/h2-36H,1H3. The Labute approximate surface area is 338 Å². The number of aromatic nitrogens is 2. The minimum absolute atomic E-state index is 0.337. The highest BCUT2D eigenvalue weighted by Crippen LogP contribution is 2.54. The molecule has 10 aromatic rings. The fraction of sp³-hybridized carbons (Fsp3) is 0.0357. The Balaban J connectivity index is 1.07. The Bertz CT molecular complexity index is 3170. The highest BCUT2D eigenvalue weighted by molar-refractivity contribution is 6.05. The van der Waals surface area contributed by atoms with Gasteiger partial charge in [-0.25, -0.2) is 9.97 Å². The molecule has 58 heavy (non-hydrogen) atoms. The van der Waals surface area contributed by atoms with Crippen LogP contribution in [0, 0.1) is 0 Å². The lowest BCUT2D eigenvalue weighted by Gasteiger charge is -2.29. The monoisotopic (exact) mass is 738 g/mol. The topological polar surface area (TPSA) is 25.8 Å². The summed E-state index contributed by atoms with van der Waals surface area (Å²) in [5, 5.41) is 4.75. The zero-order chi connectivity index (χ0) is 38.6. The summed E-state index contributed by atoms with van der Waals surface area (Å²) >= 11 is 0. The summed E-state index contributed by atoms with van der Waals surface area (Å²) in [5.41, 5.74) is 16.0. The predicted molar refractivity (Wildman–Crippen MR) is 242 cm³/mol. The van der Waals surface area contributed by atoms with E-state index in [0.29, 0.717) is 5.82 Å². The molecule has 1 heterocycles. The maximum absolute atomic E-state index is 5.25. The van der Waals surface area contributed by atoms with Crippen molar-refractivity contribution in [2.75, 3.05) is 0 Å². The van der Waals surface area contributed by atoms with Gasteiger partial charge in [-0.1, -0.05) is 188 Å². The summed E-state index contributed by atoms with van der Waals surface area (Å²) in [4.78, 5) is 10.4. The molecule has 11 rings (SSSR count). The molecular formula is C56H38N2. The van der Waals surface area contributed by atoms with Crippen LogP contribution in [0.5, 0.6) is 0 Å². The van der Waals surface area contributed by atoms with Crippen LogP contribution in [0.15, 0.2) is 212 Å². The quantitative estimate of drug-likeness (QED) is 0.170. The molecule has 1 aliphatic rings. The largest absolute Gasteiger partial charge is 0.228 e. The van der Waals surface area contributed by atoms with Crippen LogP contribution < -0.4 is 0 Å². The van der Waals surface area contributed by atoms with E-state index in [1.165, 1.54) is 66.2 Å². The highest BCUT2D eigenvalue weighted by atomic mass is 14.9. The Morgan fingerprint density at radius 3 is 1.57 bits per heavy atom. The zero-order valence-electron chi connectivity index (χ0n) is 32.1. The van der Waals surface area contributed by atoms with Crippen molar-refractivity contribution < 1.29 is 0 Å². The first-order valence-electron chi connectivity index (χ1n) is 20.0. The second kappa shape index (κ2) is 13.7. The van der Waals surface area contributed by atoms with E-state index in [4.69, 9.17) is 9.97 Å². The number of rotatable bonds is 6. The van der Waals surface area contributed by atoms with Crippen molar-refractivity contribution in [1.82, 2.24) is 9.97 Å². The van der Waals surface area contributed by atoms with Crippen LogP contribution in [0.2, 0.25) is 0 Å². The Kier molecular flexibility index (Phi) is 7.97. The number of benzene rings is 9. The van der Waals surface area contributed by atoms with Crippen molar-refractivity contribution in [2.24, 2.45) is 0 Å². The first kappa shape index (κ1) is 33.9. The fourth-order valence-electron chi connectivity index (χ4n) is 9.16. The van der Waals surface area contributed by atoms with Gasteiger partial charge in [0.2, 0.25) is 0 Å². The first-order chi connectivity index (χ1) is 28.6. The Hall–Kier alpha value is -7.42. The third kappa shape index (κ3) is 5.56. The lowest BCUT2D eigenvalue weighted by Crippen LogP contribution is -2.22. The fourth-order valence-corrected chi connectivity index (χ4v) is 9.16. The van der Waals surface area contributed by atoms with Crippen molar-refractivity contribution in [1.29, 1.82) is 0 Å². The number of nitrogens with zero attached hydrogens (tertiary/aromatic N) is 2. The van der Waals surface area contributed by atoms with E-state index in [1.54, 1.807) is 0 Å². The molecule has 0 spiro atoms. The lowest BCUT2D eigenvalue weighted by atomic mass is 9.73. The molecule has 0 radical (unpaired) electrons. The summed E-state index contributed by atoms with van der Waals surface area (Å²) in [7, 11) is 0. The Morgan fingerprint density at radius 1 is 0.328 bits per heavy atom. The average Bonchev–Trinajstić information content (AvgIpc) is 3.56. The third-order valence-electron chi connectivity index (χ3n) is 12.2. The van der Waals surface area contributed by atoms with Crippen molar-refractivity contribution in [2.45, 2.75) is 12.3 Å². The van der Waals surface area contributed by atoms with Crippen LogP contribution in [-0.4, -0.2) is 9.97 Å². The molecule has 0 fully saturated rings. The van der Waals surface area contributed by atoms with Gasteiger partial charge in [0.25, 0.3) is 0 Å². The average molecular weight is 739 g/mol. The van der Waals surface area contributed by atoms with Gasteiger partial charge < -0.3 is 0 Å². The molecule has 0 amide bonds. The molecule has 0 saturated carbocycles. The molecule has 2 nitrogen and oxygen atoms in total. The molecular weight excluding hydrogens is 701 g/mol. The van der Waals surface area contributed by atoms with Gasteiger partial charge in [-0.3, -0.25) is 0 Å². The summed E-state index contributed by atoms with van der Waals surface area (Å²) in [6.45, 7) is 2.40. The van der Waals surface area contributed by atoms with Crippen LogP contribution in [0.3, 0.4) is 0 Å². The smallest absolute Gasteiger partial charge is 0.160 e. The van der Waals surface area contributed by atoms with E-state index in [2.05, 4.69) is 201 Å². The minimum atomic E-state index is -0.337. The van der Waals surface area contributed by atoms with Gasteiger partial charge in [0.05, 0.1) is 11.4 Å². The molecule has 272 valence electrons. The van der Waals surface area contributed by atoms with Gasteiger partial charge in [0, 0.05) is 22.1 Å². The second-order valence-corrected chi connectivity index (χ2v) is 15.5. The van der Waals surface area contributed by atoms with Crippen molar-refractivity contribution >= 4 is 21.5 Å². The van der Waals surface area contributed by atoms with Crippen LogP contribution in [-0.2, 0) is 5.41 Å². The number of hydrogen-bond donors (Lipinski definition) is 0. The number of fused-ring (bicyclic) bond motifs is 5. The summed E-state index contributed by atoms with van der Waals surface area (Å²) in [6.07, 6.45) is 0. The van der Waals surface area contributed by atoms with Gasteiger partial charge in [0.1, 0.15) is 0 Å². The normalized spacial score (nSPS) is 14.4. The minimum Gasteiger partial charge on any atom is -0.228 e. The summed E-state index contributed by atoms with van der Waals surface area (Å²) in [6, 6.07) is 76.6. The van der Waals surface area contributed by atoms with Crippen molar-refractivity contribution in [3.8, 4) is 67.3 Å². The molecule has 1 aromatic heterocycles. The van der Waals surface area contributed by atoms with Crippen LogP contribution in [0.25, 0.3) is 88.8 Å². The van der Waals surface area contributed by atoms with E-state index in [1.807, 2.05) is 18.2 Å². The highest BCUT2D eigenvalue weighted by Gasteiger charge is 2.41. The van der Waals surface area contributed by atoms with Crippen molar-refractivity contribution in [3.63, 3.8) is 0 Å². The Morgan fingerprint density at radius 2 is 0.845 bits per heavy atom. The van der Waals surface area contributed by atoms with Crippen LogP contribution in [0.4, 0.5) is 0 Å². The molecule has 1 atom stereocenters. The number of hydrogen-bond acceptors (Lipinski definition) is 2. The van der Waals surface area contributed by atoms with E-state index in [-0.39, 0.29) is 5.41 Å². The van der Waals surface area contributed by atoms with E-state index in [9.17, 15) is 0 Å². The van der Waals surface area contributed by atoms with Gasteiger partial charge in [0.15, 0.2) is 5.82 Å². The maximum Gasteiger partial charge on any atom is 0.160 e.